The Hall–Kier alpha value is -1.85. The fraction of sp³-hybridized carbons (Fsp3) is 0.444. The molecular formula is C18H22ClN3O2. The van der Waals surface area contributed by atoms with E-state index < -0.39 is 0 Å². The molecule has 1 aromatic heterocycles. The van der Waals surface area contributed by atoms with Gasteiger partial charge in [-0.05, 0) is 38.1 Å². The van der Waals surface area contributed by atoms with Gasteiger partial charge in [0.2, 0.25) is 0 Å². The van der Waals surface area contributed by atoms with Crippen LogP contribution in [0.1, 0.15) is 46.8 Å². The second kappa shape index (κ2) is 6.95. The summed E-state index contributed by atoms with van der Waals surface area (Å²) in [4.78, 5) is 15.0. The number of nitrogens with one attached hydrogen (secondary N) is 1. The SMILES string of the molecule is CCc1onc(C)c1C(=O)N[C@@H]1CCN(C)[C@@H]1c1ccc(Cl)cc1. The number of amides is 1. The molecule has 0 bridgehead atoms. The minimum absolute atomic E-state index is 0.0441. The van der Waals surface area contributed by atoms with Crippen molar-refractivity contribution >= 4 is 17.5 Å². The van der Waals surface area contributed by atoms with Crippen LogP contribution < -0.4 is 5.32 Å². The quantitative estimate of drug-likeness (QED) is 0.921. The number of aryl methyl sites for hydroxylation is 2. The first-order chi connectivity index (χ1) is 11.5. The molecule has 1 fully saturated rings. The lowest BCUT2D eigenvalue weighted by Crippen LogP contribution is -2.39. The Morgan fingerprint density at radius 1 is 1.42 bits per heavy atom. The normalized spacial score (nSPS) is 21.2. The van der Waals surface area contributed by atoms with Crippen molar-refractivity contribution in [2.24, 2.45) is 0 Å². The third-order valence-corrected chi connectivity index (χ3v) is 4.91. The van der Waals surface area contributed by atoms with Gasteiger partial charge < -0.3 is 9.84 Å². The lowest BCUT2D eigenvalue weighted by atomic mass is 9.99. The topological polar surface area (TPSA) is 58.4 Å². The molecule has 0 unspecified atom stereocenters. The summed E-state index contributed by atoms with van der Waals surface area (Å²) < 4.78 is 5.24. The van der Waals surface area contributed by atoms with Crippen molar-refractivity contribution in [3.8, 4) is 0 Å². The van der Waals surface area contributed by atoms with Crippen LogP contribution >= 0.6 is 11.6 Å². The predicted octanol–water partition coefficient (Wildman–Crippen LogP) is 3.37. The van der Waals surface area contributed by atoms with Crippen LogP contribution in [0.15, 0.2) is 28.8 Å². The third-order valence-electron chi connectivity index (χ3n) is 4.66. The van der Waals surface area contributed by atoms with E-state index in [-0.39, 0.29) is 18.0 Å². The van der Waals surface area contributed by atoms with Gasteiger partial charge in [0.1, 0.15) is 11.3 Å². The van der Waals surface area contributed by atoms with Crippen LogP contribution in [0.3, 0.4) is 0 Å². The van der Waals surface area contributed by atoms with Crippen LogP contribution in [0.5, 0.6) is 0 Å². The van der Waals surface area contributed by atoms with Crippen molar-refractivity contribution in [3.05, 3.63) is 51.9 Å². The summed E-state index contributed by atoms with van der Waals surface area (Å²) in [5, 5.41) is 7.82. The Bertz CT molecular complexity index is 726. The van der Waals surface area contributed by atoms with Gasteiger partial charge in [0.15, 0.2) is 0 Å². The maximum atomic E-state index is 12.7. The zero-order chi connectivity index (χ0) is 17.3. The number of hydrogen-bond acceptors (Lipinski definition) is 4. The Kier molecular flexibility index (Phi) is 4.92. The molecule has 1 aliphatic rings. The largest absolute Gasteiger partial charge is 0.360 e. The molecule has 2 heterocycles. The highest BCUT2D eigenvalue weighted by molar-refractivity contribution is 6.30. The summed E-state index contributed by atoms with van der Waals surface area (Å²) in [6.45, 7) is 4.69. The maximum Gasteiger partial charge on any atom is 0.257 e. The van der Waals surface area contributed by atoms with E-state index in [0.29, 0.717) is 28.5 Å². The molecular weight excluding hydrogens is 326 g/mol. The number of halogens is 1. The molecule has 0 saturated carbocycles. The number of hydrogen-bond donors (Lipinski definition) is 1. The van der Waals surface area contributed by atoms with Gasteiger partial charge >= 0.3 is 0 Å². The standard InChI is InChI=1S/C18H22ClN3O2/c1-4-15-16(11(2)21-24-15)18(23)20-14-9-10-22(3)17(14)12-5-7-13(19)8-6-12/h5-8,14,17H,4,9-10H2,1-3H3,(H,20,23)/t14-,17-/m1/s1. The Labute approximate surface area is 147 Å². The van der Waals surface area contributed by atoms with Crippen LogP contribution in [0, 0.1) is 6.92 Å². The first kappa shape index (κ1) is 17.0. The monoisotopic (exact) mass is 347 g/mol. The van der Waals surface area contributed by atoms with E-state index in [0.717, 1.165) is 18.5 Å². The Morgan fingerprint density at radius 3 is 2.79 bits per heavy atom. The van der Waals surface area contributed by atoms with Crippen molar-refractivity contribution < 1.29 is 9.32 Å². The highest BCUT2D eigenvalue weighted by Crippen LogP contribution is 2.32. The number of carbonyl (C=O) groups excluding carboxylic acids is 1. The molecule has 5 nitrogen and oxygen atoms in total. The van der Waals surface area contributed by atoms with E-state index in [4.69, 9.17) is 16.1 Å². The number of carbonyl (C=O) groups is 1. The van der Waals surface area contributed by atoms with Gasteiger partial charge in [0.05, 0.1) is 17.8 Å². The molecule has 0 spiro atoms. The predicted molar refractivity (Wildman–Crippen MR) is 93.3 cm³/mol. The molecule has 2 atom stereocenters. The average molecular weight is 348 g/mol. The smallest absolute Gasteiger partial charge is 0.257 e. The number of aromatic nitrogens is 1. The summed E-state index contributed by atoms with van der Waals surface area (Å²) in [5.41, 5.74) is 2.36. The van der Waals surface area contributed by atoms with Crippen LogP contribution in [-0.2, 0) is 6.42 Å². The molecule has 2 aromatic rings. The van der Waals surface area contributed by atoms with E-state index in [1.807, 2.05) is 31.2 Å². The fourth-order valence-corrected chi connectivity index (χ4v) is 3.56. The minimum Gasteiger partial charge on any atom is -0.360 e. The third kappa shape index (κ3) is 3.19. The number of likely N-dealkylation sites (N-methyl/N-ethyl adjacent to an activating group) is 1. The van der Waals surface area contributed by atoms with Crippen molar-refractivity contribution in [1.29, 1.82) is 0 Å². The van der Waals surface area contributed by atoms with Crippen LogP contribution in [-0.4, -0.2) is 35.6 Å². The summed E-state index contributed by atoms with van der Waals surface area (Å²) in [6, 6.07) is 8.01. The first-order valence-corrected chi connectivity index (χ1v) is 8.60. The highest BCUT2D eigenvalue weighted by atomic mass is 35.5. The summed E-state index contributed by atoms with van der Waals surface area (Å²) >= 11 is 5.99. The fourth-order valence-electron chi connectivity index (χ4n) is 3.43. The lowest BCUT2D eigenvalue weighted by Gasteiger charge is -2.26. The molecule has 6 heteroatoms. The van der Waals surface area contributed by atoms with E-state index in [2.05, 4.69) is 22.4 Å². The summed E-state index contributed by atoms with van der Waals surface area (Å²) in [7, 11) is 2.08. The van der Waals surface area contributed by atoms with Gasteiger partial charge in [-0.25, -0.2) is 0 Å². The van der Waals surface area contributed by atoms with Gasteiger partial charge in [-0.1, -0.05) is 35.8 Å². The molecule has 1 aliphatic heterocycles. The van der Waals surface area contributed by atoms with Crippen molar-refractivity contribution in [1.82, 2.24) is 15.4 Å². The highest BCUT2D eigenvalue weighted by Gasteiger charge is 2.35. The molecule has 128 valence electrons. The van der Waals surface area contributed by atoms with Crippen LogP contribution in [0.25, 0.3) is 0 Å². The molecule has 3 rings (SSSR count). The van der Waals surface area contributed by atoms with Crippen molar-refractivity contribution in [3.63, 3.8) is 0 Å². The van der Waals surface area contributed by atoms with E-state index in [9.17, 15) is 4.79 Å². The zero-order valence-corrected chi connectivity index (χ0v) is 14.9. The number of benzene rings is 1. The van der Waals surface area contributed by atoms with Crippen LogP contribution in [0.4, 0.5) is 0 Å². The first-order valence-electron chi connectivity index (χ1n) is 8.23. The second-order valence-electron chi connectivity index (χ2n) is 6.27. The number of likely N-dealkylation sites (tertiary alicyclic amines) is 1. The van der Waals surface area contributed by atoms with Gasteiger partial charge in [-0.2, -0.15) is 0 Å². The van der Waals surface area contributed by atoms with Gasteiger partial charge in [0, 0.05) is 18.0 Å². The van der Waals surface area contributed by atoms with Crippen molar-refractivity contribution in [2.45, 2.75) is 38.8 Å². The summed E-state index contributed by atoms with van der Waals surface area (Å²) in [6.07, 6.45) is 1.55. The Morgan fingerprint density at radius 2 is 2.12 bits per heavy atom. The van der Waals surface area contributed by atoms with E-state index in [1.165, 1.54) is 0 Å². The molecule has 0 radical (unpaired) electrons. The zero-order valence-electron chi connectivity index (χ0n) is 14.2. The second-order valence-corrected chi connectivity index (χ2v) is 6.70. The molecule has 1 aromatic carbocycles. The van der Waals surface area contributed by atoms with Crippen molar-refractivity contribution in [2.75, 3.05) is 13.6 Å². The molecule has 1 N–H and O–H groups in total. The maximum absolute atomic E-state index is 12.7. The van der Waals surface area contributed by atoms with E-state index >= 15 is 0 Å². The molecule has 24 heavy (non-hydrogen) atoms. The number of rotatable bonds is 4. The molecule has 1 saturated heterocycles. The van der Waals surface area contributed by atoms with E-state index in [1.54, 1.807) is 6.92 Å². The van der Waals surface area contributed by atoms with Gasteiger partial charge in [-0.3, -0.25) is 9.69 Å². The Balaban J connectivity index is 1.81. The molecule has 0 aliphatic carbocycles. The molecule has 1 amide bonds. The van der Waals surface area contributed by atoms with Gasteiger partial charge in [0.25, 0.3) is 5.91 Å². The van der Waals surface area contributed by atoms with Gasteiger partial charge in [-0.15, -0.1) is 0 Å². The number of nitrogens with zero attached hydrogens (tertiary/aromatic N) is 2. The minimum atomic E-state index is -0.107. The summed E-state index contributed by atoms with van der Waals surface area (Å²) in [5.74, 6) is 0.532. The lowest BCUT2D eigenvalue weighted by molar-refractivity contribution is 0.0925. The average Bonchev–Trinajstić information content (AvgIpc) is 3.11. The van der Waals surface area contributed by atoms with Crippen LogP contribution in [0.2, 0.25) is 5.02 Å².